The predicted molar refractivity (Wildman–Crippen MR) is 126 cm³/mol. The fourth-order valence-corrected chi connectivity index (χ4v) is 3.57. The zero-order chi connectivity index (χ0) is 20.6. The van der Waals surface area contributed by atoms with Gasteiger partial charge in [0, 0.05) is 0 Å². The van der Waals surface area contributed by atoms with Gasteiger partial charge in [-0.05, 0) is 85.1 Å². The molecule has 2 aromatic carbocycles. The summed E-state index contributed by atoms with van der Waals surface area (Å²) in [7, 11) is 0. The van der Waals surface area contributed by atoms with Gasteiger partial charge >= 0.3 is 0 Å². The van der Waals surface area contributed by atoms with Crippen molar-refractivity contribution in [3.63, 3.8) is 0 Å². The van der Waals surface area contributed by atoms with Crippen molar-refractivity contribution >= 4 is 6.08 Å². The summed E-state index contributed by atoms with van der Waals surface area (Å²) in [5.41, 5.74) is 7.45. The molecule has 0 aliphatic heterocycles. The average molecular weight is 375 g/mol. The number of fused-ring (bicyclic) bond motifs is 1. The molecule has 0 radical (unpaired) electrons. The lowest BCUT2D eigenvalue weighted by Gasteiger charge is -2.31. The minimum atomic E-state index is 0.282. The molecule has 0 amide bonds. The molecule has 0 spiro atoms. The number of rotatable bonds is 4. The summed E-state index contributed by atoms with van der Waals surface area (Å²) in [6.45, 7) is 14.4. The molecule has 0 heterocycles. The smallest absolute Gasteiger partial charge is 0.00995 e. The van der Waals surface area contributed by atoms with Crippen LogP contribution in [0, 0.1) is 25.2 Å². The van der Waals surface area contributed by atoms with E-state index in [1.165, 1.54) is 47.1 Å². The zero-order valence-electron chi connectivity index (χ0n) is 18.6. The molecule has 1 fully saturated rings. The van der Waals surface area contributed by atoms with E-state index in [0.29, 0.717) is 0 Å². The molecule has 0 bridgehead atoms. The molecule has 2 aliphatic carbocycles. The maximum absolute atomic E-state index is 3.62. The van der Waals surface area contributed by atoms with Crippen molar-refractivity contribution in [1.29, 1.82) is 0 Å². The summed E-state index contributed by atoms with van der Waals surface area (Å²) >= 11 is 0. The minimum Gasteiger partial charge on any atom is -0.103 e. The highest BCUT2D eigenvalue weighted by Crippen LogP contribution is 2.37. The van der Waals surface area contributed by atoms with Gasteiger partial charge in [0.05, 0.1) is 0 Å². The molecule has 0 heteroatoms. The highest BCUT2D eigenvalue weighted by atomic mass is 14.3. The molecule has 0 N–H and O–H groups in total. The largest absolute Gasteiger partial charge is 0.103 e. The van der Waals surface area contributed by atoms with Gasteiger partial charge in [-0.25, -0.2) is 0 Å². The second-order valence-electron chi connectivity index (χ2n) is 8.36. The van der Waals surface area contributed by atoms with E-state index in [9.17, 15) is 0 Å². The lowest BCUT2D eigenvalue weighted by molar-refractivity contribution is 0.387. The molecule has 0 saturated heterocycles. The highest BCUT2D eigenvalue weighted by Gasteiger charge is 2.25. The Balaban J connectivity index is 0.000000342. The van der Waals surface area contributed by atoms with Gasteiger partial charge in [-0.15, -0.1) is 6.58 Å². The first-order valence-electron chi connectivity index (χ1n) is 10.9. The topological polar surface area (TPSA) is 0 Å². The van der Waals surface area contributed by atoms with Crippen LogP contribution in [0.15, 0.2) is 61.2 Å². The molecule has 1 saturated carbocycles. The van der Waals surface area contributed by atoms with Crippen LogP contribution in [0.2, 0.25) is 0 Å². The van der Waals surface area contributed by atoms with Crippen molar-refractivity contribution in [1.82, 2.24) is 0 Å². The third-order valence-corrected chi connectivity index (χ3v) is 5.80. The Bertz CT molecular complexity index is 777. The molecule has 2 aromatic rings. The maximum Gasteiger partial charge on any atom is -0.00995 e. The molecular formula is C28H38. The van der Waals surface area contributed by atoms with Gasteiger partial charge in [0.1, 0.15) is 0 Å². The Kier molecular flexibility index (Phi) is 8.30. The molecule has 2 aliphatic rings. The van der Waals surface area contributed by atoms with Crippen molar-refractivity contribution < 1.29 is 0 Å². The van der Waals surface area contributed by atoms with Crippen LogP contribution >= 0.6 is 0 Å². The highest BCUT2D eigenvalue weighted by molar-refractivity contribution is 5.60. The van der Waals surface area contributed by atoms with Gasteiger partial charge in [0.25, 0.3) is 0 Å². The molecule has 4 rings (SSSR count). The van der Waals surface area contributed by atoms with E-state index in [0.717, 1.165) is 18.8 Å². The first-order valence-corrected chi connectivity index (χ1v) is 10.9. The van der Waals surface area contributed by atoms with Gasteiger partial charge in [0.15, 0.2) is 0 Å². The van der Waals surface area contributed by atoms with Gasteiger partial charge in [-0.1, -0.05) is 81.5 Å². The van der Waals surface area contributed by atoms with Crippen LogP contribution in [0.25, 0.3) is 6.08 Å². The summed E-state index contributed by atoms with van der Waals surface area (Å²) in [6.07, 6.45) is 13.1. The maximum atomic E-state index is 3.62. The van der Waals surface area contributed by atoms with Crippen molar-refractivity contribution in [2.45, 2.75) is 66.7 Å². The second-order valence-corrected chi connectivity index (χ2v) is 8.36. The molecule has 28 heavy (non-hydrogen) atoms. The number of hydrogen-bond donors (Lipinski definition) is 0. The van der Waals surface area contributed by atoms with Gasteiger partial charge in [0.2, 0.25) is 0 Å². The standard InChI is InChI=1S/C21H24.C5H8.C2H6/c1-16-13-19-10-12-21(3,15-20(19)14-17(16)2)11-9-18-7-5-4-6-8-18;1-2-5-3-4-5;1-2/h4-8,10,12-14H,9,11,15H2,1-3H3;2,5H,1,3-4H2;1-2H3. The summed E-state index contributed by atoms with van der Waals surface area (Å²) in [6, 6.07) is 15.5. The lowest BCUT2D eigenvalue weighted by atomic mass is 9.74. The quantitative estimate of drug-likeness (QED) is 0.474. The SMILES string of the molecule is C=CC1CC1.CC.Cc1cc2c(cc1C)CC(C)(CCc1ccccc1)C=C2. The third-order valence-electron chi connectivity index (χ3n) is 5.80. The first kappa shape index (κ1) is 22.2. The Labute approximate surface area is 173 Å². The monoisotopic (exact) mass is 374 g/mol. The number of hydrogen-bond acceptors (Lipinski definition) is 0. The minimum absolute atomic E-state index is 0.282. The number of allylic oxidation sites excluding steroid dienone is 2. The Morgan fingerprint density at radius 2 is 1.68 bits per heavy atom. The van der Waals surface area contributed by atoms with Crippen LogP contribution in [0.1, 0.15) is 67.9 Å². The third kappa shape index (κ3) is 6.51. The van der Waals surface area contributed by atoms with Crippen molar-refractivity contribution in [2.75, 3.05) is 0 Å². The van der Waals surface area contributed by atoms with Crippen LogP contribution in [-0.4, -0.2) is 0 Å². The van der Waals surface area contributed by atoms with Crippen LogP contribution in [0.3, 0.4) is 0 Å². The molecule has 150 valence electrons. The van der Waals surface area contributed by atoms with Crippen molar-refractivity contribution in [3.8, 4) is 0 Å². The van der Waals surface area contributed by atoms with E-state index in [4.69, 9.17) is 0 Å². The van der Waals surface area contributed by atoms with Crippen LogP contribution in [0.4, 0.5) is 0 Å². The molecule has 1 unspecified atom stereocenters. The summed E-state index contributed by atoms with van der Waals surface area (Å²) in [5.74, 6) is 0.898. The summed E-state index contributed by atoms with van der Waals surface area (Å²) in [5, 5.41) is 0. The first-order chi connectivity index (χ1) is 13.5. The normalized spacial score (nSPS) is 19.5. The van der Waals surface area contributed by atoms with Gasteiger partial charge in [-0.2, -0.15) is 0 Å². The fraction of sp³-hybridized carbons (Fsp3) is 0.429. The van der Waals surface area contributed by atoms with E-state index < -0.39 is 0 Å². The Hall–Kier alpha value is -2.08. The van der Waals surface area contributed by atoms with Crippen LogP contribution in [-0.2, 0) is 12.8 Å². The zero-order valence-corrected chi connectivity index (χ0v) is 18.6. The molecule has 0 aromatic heterocycles. The molecule has 1 atom stereocenters. The van der Waals surface area contributed by atoms with Crippen LogP contribution < -0.4 is 0 Å². The number of benzene rings is 2. The van der Waals surface area contributed by atoms with Crippen molar-refractivity contribution in [2.24, 2.45) is 11.3 Å². The fourth-order valence-electron chi connectivity index (χ4n) is 3.57. The van der Waals surface area contributed by atoms with Gasteiger partial charge < -0.3 is 0 Å². The van der Waals surface area contributed by atoms with E-state index >= 15 is 0 Å². The average Bonchev–Trinajstić information content (AvgIpc) is 3.55. The summed E-state index contributed by atoms with van der Waals surface area (Å²) in [4.78, 5) is 0. The van der Waals surface area contributed by atoms with Crippen LogP contribution in [0.5, 0.6) is 0 Å². The predicted octanol–water partition coefficient (Wildman–Crippen LogP) is 8.12. The molecular weight excluding hydrogens is 336 g/mol. The second kappa shape index (κ2) is 10.5. The lowest BCUT2D eigenvalue weighted by Crippen LogP contribution is -2.21. The van der Waals surface area contributed by atoms with E-state index in [1.54, 1.807) is 0 Å². The number of aryl methyl sites for hydroxylation is 3. The van der Waals surface area contributed by atoms with E-state index in [-0.39, 0.29) is 5.41 Å². The van der Waals surface area contributed by atoms with E-state index in [1.807, 2.05) is 19.9 Å². The summed E-state index contributed by atoms with van der Waals surface area (Å²) < 4.78 is 0. The Morgan fingerprint density at radius 3 is 2.25 bits per heavy atom. The Morgan fingerprint density at radius 1 is 1.04 bits per heavy atom. The molecule has 0 nitrogen and oxygen atoms in total. The van der Waals surface area contributed by atoms with E-state index in [2.05, 4.69) is 82.0 Å². The van der Waals surface area contributed by atoms with Gasteiger partial charge in [-0.3, -0.25) is 0 Å². The van der Waals surface area contributed by atoms with Crippen molar-refractivity contribution in [3.05, 3.63) is 89.0 Å².